The van der Waals surface area contributed by atoms with Crippen LogP contribution in [0, 0.1) is 0 Å². The number of anilines is 6. The lowest BCUT2D eigenvalue weighted by molar-refractivity contribution is 0.668. The van der Waals surface area contributed by atoms with Gasteiger partial charge in [-0.3, -0.25) is 0 Å². The summed E-state index contributed by atoms with van der Waals surface area (Å²) in [5.74, 6) is 0. The minimum atomic E-state index is -0.128. The minimum Gasteiger partial charge on any atom is -0.456 e. The van der Waals surface area contributed by atoms with Crippen LogP contribution >= 0.6 is 0 Å². The van der Waals surface area contributed by atoms with E-state index in [0.717, 1.165) is 111 Å². The molecule has 0 spiro atoms. The van der Waals surface area contributed by atoms with Crippen LogP contribution in [0.4, 0.5) is 34.1 Å². The first-order valence-corrected chi connectivity index (χ1v) is 28.5. The van der Waals surface area contributed by atoms with E-state index in [1.165, 1.54) is 49.8 Å². The molecule has 0 saturated heterocycles. The van der Waals surface area contributed by atoms with E-state index in [4.69, 9.17) is 8.83 Å². The number of fused-ring (bicyclic) bond motifs is 10. The van der Waals surface area contributed by atoms with Gasteiger partial charge in [0.15, 0.2) is 0 Å². The first-order chi connectivity index (χ1) is 41.2. The molecule has 0 N–H and O–H groups in total. The van der Waals surface area contributed by atoms with Gasteiger partial charge >= 0.3 is 0 Å². The molecule has 15 aromatic rings. The molecular weight excluding hydrogens is 1010 g/mol. The number of para-hydroxylation sites is 4. The highest BCUT2D eigenvalue weighted by molar-refractivity contribution is 7.00. The summed E-state index contributed by atoms with van der Waals surface area (Å²) in [5.41, 5.74) is 27.9. The zero-order valence-electron chi connectivity index (χ0n) is 45.1. The molecule has 0 radical (unpaired) electrons. The molecule has 5 heteroatoms. The third kappa shape index (κ3) is 7.48. The molecule has 0 aliphatic carbocycles. The van der Waals surface area contributed by atoms with Crippen molar-refractivity contribution in [1.29, 1.82) is 0 Å². The van der Waals surface area contributed by atoms with Crippen molar-refractivity contribution in [3.8, 4) is 66.8 Å². The van der Waals surface area contributed by atoms with E-state index in [1.807, 2.05) is 12.1 Å². The van der Waals surface area contributed by atoms with Crippen LogP contribution in [0.25, 0.3) is 111 Å². The van der Waals surface area contributed by atoms with Gasteiger partial charge in [0.2, 0.25) is 0 Å². The Morgan fingerprint density at radius 2 is 0.554 bits per heavy atom. The van der Waals surface area contributed by atoms with Crippen LogP contribution in [-0.4, -0.2) is 6.71 Å². The van der Waals surface area contributed by atoms with Gasteiger partial charge in [-0.05, 0) is 145 Å². The predicted octanol–water partition coefficient (Wildman–Crippen LogP) is 19.6. The van der Waals surface area contributed by atoms with Gasteiger partial charge in [0.25, 0.3) is 6.71 Å². The van der Waals surface area contributed by atoms with Crippen molar-refractivity contribution in [1.82, 2.24) is 0 Å². The lowest BCUT2D eigenvalue weighted by Gasteiger charge is -2.45. The van der Waals surface area contributed by atoms with Crippen molar-refractivity contribution in [3.63, 3.8) is 0 Å². The maximum Gasteiger partial charge on any atom is 0.252 e. The van der Waals surface area contributed by atoms with Gasteiger partial charge in [0, 0.05) is 55.4 Å². The topological polar surface area (TPSA) is 32.8 Å². The number of furan rings is 2. The molecule has 0 amide bonds. The van der Waals surface area contributed by atoms with Crippen molar-refractivity contribution < 1.29 is 8.83 Å². The van der Waals surface area contributed by atoms with Gasteiger partial charge in [-0.25, -0.2) is 0 Å². The van der Waals surface area contributed by atoms with E-state index in [2.05, 4.69) is 295 Å². The fraction of sp³-hybridized carbons (Fsp3) is 0. The molecule has 2 aliphatic rings. The Morgan fingerprint density at radius 1 is 0.217 bits per heavy atom. The fourth-order valence-corrected chi connectivity index (χ4v) is 13.6. The first kappa shape index (κ1) is 47.0. The number of rotatable bonds is 8. The van der Waals surface area contributed by atoms with E-state index in [-0.39, 0.29) is 6.71 Å². The molecule has 386 valence electrons. The highest BCUT2D eigenvalue weighted by Gasteiger charge is 2.44. The van der Waals surface area contributed by atoms with Crippen LogP contribution in [0.1, 0.15) is 0 Å². The highest BCUT2D eigenvalue weighted by atomic mass is 16.3. The van der Waals surface area contributed by atoms with Crippen LogP contribution in [0.3, 0.4) is 0 Å². The van der Waals surface area contributed by atoms with E-state index in [9.17, 15) is 0 Å². The Morgan fingerprint density at radius 3 is 1.01 bits per heavy atom. The summed E-state index contributed by atoms with van der Waals surface area (Å²) in [4.78, 5) is 5.12. The molecule has 2 aliphatic heterocycles. The minimum absolute atomic E-state index is 0.128. The zero-order valence-corrected chi connectivity index (χ0v) is 45.1. The molecule has 0 unspecified atom stereocenters. The molecular formula is C78H49BN2O2. The van der Waals surface area contributed by atoms with Crippen molar-refractivity contribution in [2.24, 2.45) is 0 Å². The molecule has 0 bridgehead atoms. The van der Waals surface area contributed by atoms with Gasteiger partial charge in [-0.15, -0.1) is 0 Å². The van der Waals surface area contributed by atoms with E-state index in [0.29, 0.717) is 0 Å². The number of nitrogens with zero attached hydrogens (tertiary/aromatic N) is 2. The Bertz CT molecular complexity index is 4760. The molecule has 4 nitrogen and oxygen atoms in total. The van der Waals surface area contributed by atoms with Crippen molar-refractivity contribution in [2.75, 3.05) is 9.80 Å². The molecule has 17 rings (SSSR count). The van der Waals surface area contributed by atoms with E-state index >= 15 is 0 Å². The number of benzene rings is 13. The first-order valence-electron chi connectivity index (χ1n) is 28.5. The van der Waals surface area contributed by atoms with Crippen molar-refractivity contribution in [3.05, 3.63) is 297 Å². The molecule has 0 saturated carbocycles. The van der Waals surface area contributed by atoms with Crippen LogP contribution in [0.5, 0.6) is 0 Å². The molecule has 83 heavy (non-hydrogen) atoms. The van der Waals surface area contributed by atoms with Gasteiger partial charge in [-0.1, -0.05) is 224 Å². The predicted molar refractivity (Wildman–Crippen MR) is 348 cm³/mol. The summed E-state index contributed by atoms with van der Waals surface area (Å²) >= 11 is 0. The maximum absolute atomic E-state index is 6.41. The average Bonchev–Trinajstić information content (AvgIpc) is 2.06. The summed E-state index contributed by atoms with van der Waals surface area (Å²) in [6.07, 6.45) is 0. The maximum atomic E-state index is 6.41. The third-order valence-corrected chi connectivity index (χ3v) is 17.3. The zero-order chi connectivity index (χ0) is 54.5. The SMILES string of the molecule is c1ccc(-c2ccccc2-c2ccc3c(c2)N(c2ccccc2-c2ccc4oc5ccccc5c4c2)c2cccc4c2B3c2ccc(-c3ccccc3-c3ccccc3)cc2N4c2ccccc2-c2ccc3oc4ccccc4c3c2)cc1. The second-order valence-electron chi connectivity index (χ2n) is 21.8. The largest absolute Gasteiger partial charge is 0.456 e. The summed E-state index contributed by atoms with van der Waals surface area (Å²) in [5, 5.41) is 4.41. The second kappa shape index (κ2) is 18.9. The van der Waals surface area contributed by atoms with E-state index < -0.39 is 0 Å². The Kier molecular flexibility index (Phi) is 10.7. The molecule has 4 heterocycles. The molecule has 2 aromatic heterocycles. The summed E-state index contributed by atoms with van der Waals surface area (Å²) in [7, 11) is 0. The van der Waals surface area contributed by atoms with Crippen molar-refractivity contribution in [2.45, 2.75) is 0 Å². The highest BCUT2D eigenvalue weighted by Crippen LogP contribution is 2.50. The van der Waals surface area contributed by atoms with Crippen LogP contribution in [-0.2, 0) is 0 Å². The summed E-state index contributed by atoms with van der Waals surface area (Å²) in [6, 6.07) is 109. The smallest absolute Gasteiger partial charge is 0.252 e. The normalized spacial score (nSPS) is 12.5. The lowest BCUT2D eigenvalue weighted by Crippen LogP contribution is -2.61. The van der Waals surface area contributed by atoms with Gasteiger partial charge in [0.05, 0.1) is 11.4 Å². The Balaban J connectivity index is 0.932. The van der Waals surface area contributed by atoms with Crippen LogP contribution < -0.4 is 26.2 Å². The van der Waals surface area contributed by atoms with Gasteiger partial charge in [-0.2, -0.15) is 0 Å². The third-order valence-electron chi connectivity index (χ3n) is 17.3. The second-order valence-corrected chi connectivity index (χ2v) is 21.8. The Labute approximate surface area is 481 Å². The van der Waals surface area contributed by atoms with Crippen molar-refractivity contribution >= 4 is 101 Å². The molecule has 0 atom stereocenters. The summed E-state index contributed by atoms with van der Waals surface area (Å²) < 4.78 is 12.8. The van der Waals surface area contributed by atoms with Gasteiger partial charge in [0.1, 0.15) is 22.3 Å². The monoisotopic (exact) mass is 1060 g/mol. The standard InChI is InChI=1S/C78H49BN2O2/c1-3-20-50(21-4-1)56-24-7-9-26-58(56)54-38-42-66-72(48-54)80(68-32-15-11-28-60(68)52-40-44-76-64(46-52)62-30-13-17-36-74(62)82-76)70-34-19-35-71-78(70)79(66)67-43-39-55(59-27-10-8-25-57(59)51-22-5-2-6-23-51)49-73(67)81(71)69-33-16-12-29-61(69)53-41-45-77-65(47-53)63-31-14-18-37-75(63)83-77/h1-49H. The average molecular weight is 1060 g/mol. The van der Waals surface area contributed by atoms with E-state index in [1.54, 1.807) is 0 Å². The van der Waals surface area contributed by atoms with Gasteiger partial charge < -0.3 is 18.6 Å². The Hall–Kier alpha value is -10.9. The summed E-state index contributed by atoms with van der Waals surface area (Å²) in [6.45, 7) is -0.128. The quantitative estimate of drug-likeness (QED) is 0.142. The van der Waals surface area contributed by atoms with Crippen LogP contribution in [0.2, 0.25) is 0 Å². The number of hydrogen-bond donors (Lipinski definition) is 0. The number of hydrogen-bond acceptors (Lipinski definition) is 4. The fourth-order valence-electron chi connectivity index (χ4n) is 13.6. The lowest BCUT2D eigenvalue weighted by atomic mass is 9.33. The van der Waals surface area contributed by atoms with Crippen LogP contribution in [0.15, 0.2) is 306 Å². The molecule has 0 fully saturated rings. The molecule has 13 aromatic carbocycles.